The molecule has 3 rings (SSSR count). The number of halogens is 1. The van der Waals surface area contributed by atoms with Crippen LogP contribution in [0, 0.1) is 5.82 Å². The summed E-state index contributed by atoms with van der Waals surface area (Å²) < 4.78 is 20.0. The molecule has 2 aromatic carbocycles. The largest absolute Gasteiger partial charge is 0.497 e. The van der Waals surface area contributed by atoms with Gasteiger partial charge in [0, 0.05) is 24.4 Å². The van der Waals surface area contributed by atoms with Gasteiger partial charge in [0.15, 0.2) is 11.0 Å². The number of benzene rings is 2. The van der Waals surface area contributed by atoms with Crippen LogP contribution in [0.3, 0.4) is 0 Å². The number of hydrogen-bond acceptors (Lipinski definition) is 5. The third-order valence-electron chi connectivity index (χ3n) is 3.62. The molecule has 0 unspecified atom stereocenters. The Morgan fingerprint density at radius 1 is 1.23 bits per heavy atom. The fourth-order valence-electron chi connectivity index (χ4n) is 2.32. The lowest BCUT2D eigenvalue weighted by atomic mass is 10.2. The maximum atomic E-state index is 13.0. The molecular formula is C18H17FN4O2S. The minimum atomic E-state index is -0.306. The van der Waals surface area contributed by atoms with E-state index in [9.17, 15) is 9.18 Å². The highest BCUT2D eigenvalue weighted by atomic mass is 32.2. The molecule has 1 N–H and O–H groups in total. The van der Waals surface area contributed by atoms with Gasteiger partial charge in [0.1, 0.15) is 11.6 Å². The van der Waals surface area contributed by atoms with Crippen LogP contribution >= 0.6 is 11.8 Å². The van der Waals surface area contributed by atoms with E-state index in [0.717, 1.165) is 5.56 Å². The van der Waals surface area contributed by atoms with Crippen molar-refractivity contribution >= 4 is 23.4 Å². The van der Waals surface area contributed by atoms with Gasteiger partial charge in [-0.2, -0.15) is 0 Å². The Balaban J connectivity index is 1.62. The summed E-state index contributed by atoms with van der Waals surface area (Å²) in [5.74, 6) is 1.01. The van der Waals surface area contributed by atoms with E-state index in [1.54, 1.807) is 55.1 Å². The zero-order chi connectivity index (χ0) is 18.5. The van der Waals surface area contributed by atoms with Crippen molar-refractivity contribution in [3.8, 4) is 17.1 Å². The molecule has 0 fully saturated rings. The normalized spacial score (nSPS) is 10.6. The SMILES string of the molecule is COc1cccc(NC(=O)CSc2nnc(-c3ccc(F)cc3)n2C)c1. The predicted octanol–water partition coefficient (Wildman–Crippen LogP) is 3.36. The molecule has 0 bridgehead atoms. The van der Waals surface area contributed by atoms with E-state index in [1.165, 1.54) is 23.9 Å². The van der Waals surface area contributed by atoms with Crippen LogP contribution in [-0.4, -0.2) is 33.5 Å². The smallest absolute Gasteiger partial charge is 0.234 e. The molecular weight excluding hydrogens is 355 g/mol. The minimum Gasteiger partial charge on any atom is -0.497 e. The fourth-order valence-corrected chi connectivity index (χ4v) is 3.03. The van der Waals surface area contributed by atoms with Crippen LogP contribution < -0.4 is 10.1 Å². The van der Waals surface area contributed by atoms with Crippen LogP contribution in [0.5, 0.6) is 5.75 Å². The number of methoxy groups -OCH3 is 1. The number of nitrogens with one attached hydrogen (secondary N) is 1. The third-order valence-corrected chi connectivity index (χ3v) is 4.64. The lowest BCUT2D eigenvalue weighted by molar-refractivity contribution is -0.113. The first-order chi connectivity index (χ1) is 12.6. The molecule has 8 heteroatoms. The van der Waals surface area contributed by atoms with Crippen LogP contribution in [0.4, 0.5) is 10.1 Å². The summed E-state index contributed by atoms with van der Waals surface area (Å²) in [6, 6.07) is 13.2. The summed E-state index contributed by atoms with van der Waals surface area (Å²) in [5.41, 5.74) is 1.42. The molecule has 0 spiro atoms. The monoisotopic (exact) mass is 372 g/mol. The molecule has 0 saturated carbocycles. The highest BCUT2D eigenvalue weighted by Crippen LogP contribution is 2.23. The average molecular weight is 372 g/mol. The number of anilines is 1. The van der Waals surface area contributed by atoms with Gasteiger partial charge < -0.3 is 14.6 Å². The van der Waals surface area contributed by atoms with Gasteiger partial charge >= 0.3 is 0 Å². The number of carbonyl (C=O) groups excluding carboxylic acids is 1. The molecule has 26 heavy (non-hydrogen) atoms. The van der Waals surface area contributed by atoms with Gasteiger partial charge in [-0.1, -0.05) is 17.8 Å². The van der Waals surface area contributed by atoms with Crippen LogP contribution in [0.1, 0.15) is 0 Å². The van der Waals surface area contributed by atoms with Crippen molar-refractivity contribution in [1.29, 1.82) is 0 Å². The van der Waals surface area contributed by atoms with Crippen molar-refractivity contribution < 1.29 is 13.9 Å². The fraction of sp³-hybridized carbons (Fsp3) is 0.167. The number of nitrogens with zero attached hydrogens (tertiary/aromatic N) is 3. The number of hydrogen-bond donors (Lipinski definition) is 1. The number of thioether (sulfide) groups is 1. The molecule has 1 aromatic heterocycles. The number of aromatic nitrogens is 3. The standard InChI is InChI=1S/C18H17FN4O2S/c1-23-17(12-6-8-13(19)9-7-12)21-22-18(23)26-11-16(24)20-14-4-3-5-15(10-14)25-2/h3-10H,11H2,1-2H3,(H,20,24). The van der Waals surface area contributed by atoms with Crippen LogP contribution in [0.15, 0.2) is 53.7 Å². The Bertz CT molecular complexity index is 912. The van der Waals surface area contributed by atoms with Crippen LogP contribution in [-0.2, 0) is 11.8 Å². The summed E-state index contributed by atoms with van der Waals surface area (Å²) in [5, 5.41) is 11.6. The van der Waals surface area contributed by atoms with E-state index >= 15 is 0 Å². The molecule has 0 aliphatic carbocycles. The second kappa shape index (κ2) is 8.01. The van der Waals surface area contributed by atoms with Gasteiger partial charge in [-0.05, 0) is 36.4 Å². The topological polar surface area (TPSA) is 69.0 Å². The van der Waals surface area contributed by atoms with E-state index < -0.39 is 0 Å². The Hall–Kier alpha value is -2.87. The molecule has 0 aliphatic rings. The highest BCUT2D eigenvalue weighted by Gasteiger charge is 2.13. The molecule has 0 aliphatic heterocycles. The van der Waals surface area contributed by atoms with Gasteiger partial charge in [-0.3, -0.25) is 4.79 Å². The lowest BCUT2D eigenvalue weighted by Crippen LogP contribution is -2.14. The second-order valence-electron chi connectivity index (χ2n) is 5.44. The predicted molar refractivity (Wildman–Crippen MR) is 98.7 cm³/mol. The van der Waals surface area contributed by atoms with Crippen molar-refractivity contribution in [1.82, 2.24) is 14.8 Å². The third kappa shape index (κ3) is 4.20. The summed E-state index contributed by atoms with van der Waals surface area (Å²) in [7, 11) is 3.38. The number of rotatable bonds is 6. The molecule has 3 aromatic rings. The van der Waals surface area contributed by atoms with Crippen LogP contribution in [0.25, 0.3) is 11.4 Å². The minimum absolute atomic E-state index is 0.158. The first kappa shape index (κ1) is 17.9. The summed E-state index contributed by atoms with van der Waals surface area (Å²) in [6.07, 6.45) is 0. The van der Waals surface area contributed by atoms with Gasteiger partial charge in [0.2, 0.25) is 5.91 Å². The Kier molecular flexibility index (Phi) is 5.52. The molecule has 1 heterocycles. The first-order valence-electron chi connectivity index (χ1n) is 7.79. The molecule has 1 amide bonds. The molecule has 6 nitrogen and oxygen atoms in total. The Labute approximate surface area is 154 Å². The summed E-state index contributed by atoms with van der Waals surface area (Å²) in [6.45, 7) is 0. The zero-order valence-corrected chi connectivity index (χ0v) is 15.1. The quantitative estimate of drug-likeness (QED) is 0.672. The Morgan fingerprint density at radius 2 is 2.00 bits per heavy atom. The summed E-state index contributed by atoms with van der Waals surface area (Å²) in [4.78, 5) is 12.1. The van der Waals surface area contributed by atoms with Crippen molar-refractivity contribution in [3.63, 3.8) is 0 Å². The first-order valence-corrected chi connectivity index (χ1v) is 8.77. The van der Waals surface area contributed by atoms with E-state index in [-0.39, 0.29) is 17.5 Å². The lowest BCUT2D eigenvalue weighted by Gasteiger charge is -2.07. The highest BCUT2D eigenvalue weighted by molar-refractivity contribution is 7.99. The van der Waals surface area contributed by atoms with Gasteiger partial charge in [0.05, 0.1) is 12.9 Å². The van der Waals surface area contributed by atoms with E-state index in [4.69, 9.17) is 4.74 Å². The number of ether oxygens (including phenoxy) is 1. The van der Waals surface area contributed by atoms with Gasteiger partial charge in [-0.25, -0.2) is 4.39 Å². The zero-order valence-electron chi connectivity index (χ0n) is 14.3. The van der Waals surface area contributed by atoms with E-state index in [1.807, 2.05) is 0 Å². The van der Waals surface area contributed by atoms with Crippen molar-refractivity contribution in [2.45, 2.75) is 5.16 Å². The van der Waals surface area contributed by atoms with Crippen molar-refractivity contribution in [2.24, 2.45) is 7.05 Å². The molecule has 134 valence electrons. The second-order valence-corrected chi connectivity index (χ2v) is 6.38. The van der Waals surface area contributed by atoms with E-state index in [2.05, 4.69) is 15.5 Å². The summed E-state index contributed by atoms with van der Waals surface area (Å²) >= 11 is 1.27. The van der Waals surface area contributed by atoms with Crippen molar-refractivity contribution in [3.05, 3.63) is 54.3 Å². The maximum Gasteiger partial charge on any atom is 0.234 e. The number of carbonyl (C=O) groups is 1. The van der Waals surface area contributed by atoms with Gasteiger partial charge in [-0.15, -0.1) is 10.2 Å². The Morgan fingerprint density at radius 3 is 2.73 bits per heavy atom. The van der Waals surface area contributed by atoms with Crippen molar-refractivity contribution in [2.75, 3.05) is 18.2 Å². The van der Waals surface area contributed by atoms with Gasteiger partial charge in [0.25, 0.3) is 0 Å². The average Bonchev–Trinajstić information content (AvgIpc) is 3.01. The maximum absolute atomic E-state index is 13.0. The molecule has 0 radical (unpaired) electrons. The molecule has 0 saturated heterocycles. The van der Waals surface area contributed by atoms with Crippen LogP contribution in [0.2, 0.25) is 0 Å². The molecule has 0 atom stereocenters. The van der Waals surface area contributed by atoms with E-state index in [0.29, 0.717) is 22.4 Å². The number of amides is 1.